The molecule has 1 aromatic heterocycles. The molecule has 0 radical (unpaired) electrons. The van der Waals surface area contributed by atoms with Crippen molar-refractivity contribution in [1.29, 1.82) is 0 Å². The van der Waals surface area contributed by atoms with Gasteiger partial charge in [0.2, 0.25) is 5.76 Å². The molecule has 1 spiro atoms. The summed E-state index contributed by atoms with van der Waals surface area (Å²) in [4.78, 5) is 31.5. The first kappa shape index (κ1) is 28.6. The standard InChI is InChI=1S/C34H34FN3O5/c35-28-14-8-13-27(21-28)29-22-31(43-36-29)32(39)38-18-20-42-34(24-38)16-7-6-12-26-11-4-5-15-30(26)41-19-17-37(33(34)40)23-25-9-2-1-3-10-25/h1-5,8-11,13-15,21-22H,6-7,12,16-20,23-24H2. The van der Waals surface area contributed by atoms with Crippen molar-refractivity contribution in [1.82, 2.24) is 15.0 Å². The second kappa shape index (κ2) is 12.8. The lowest BCUT2D eigenvalue weighted by Gasteiger charge is -2.44. The maximum atomic E-state index is 14.5. The number of aryl methyl sites for hydroxylation is 1. The maximum absolute atomic E-state index is 14.5. The molecule has 8 nitrogen and oxygen atoms in total. The van der Waals surface area contributed by atoms with Crippen molar-refractivity contribution in [2.45, 2.75) is 37.8 Å². The molecule has 9 heteroatoms. The molecule has 2 aliphatic heterocycles. The Morgan fingerprint density at radius 3 is 2.63 bits per heavy atom. The zero-order chi connectivity index (χ0) is 29.6. The first-order valence-electron chi connectivity index (χ1n) is 14.7. The number of hydrogen-bond donors (Lipinski definition) is 0. The zero-order valence-electron chi connectivity index (χ0n) is 23.9. The van der Waals surface area contributed by atoms with Crippen LogP contribution in [0.4, 0.5) is 4.39 Å². The molecule has 0 bridgehead atoms. The van der Waals surface area contributed by atoms with E-state index in [0.717, 1.165) is 36.1 Å². The number of para-hydroxylation sites is 1. The molecule has 1 saturated heterocycles. The van der Waals surface area contributed by atoms with Crippen molar-refractivity contribution >= 4 is 11.8 Å². The molecule has 0 N–H and O–H groups in total. The van der Waals surface area contributed by atoms with Gasteiger partial charge in [-0.25, -0.2) is 4.39 Å². The van der Waals surface area contributed by atoms with Gasteiger partial charge < -0.3 is 23.8 Å². The van der Waals surface area contributed by atoms with Gasteiger partial charge in [0.15, 0.2) is 5.60 Å². The van der Waals surface area contributed by atoms with Crippen LogP contribution in [0.5, 0.6) is 5.75 Å². The Morgan fingerprint density at radius 2 is 1.77 bits per heavy atom. The Bertz CT molecular complexity index is 1580. The molecule has 4 aromatic rings. The SMILES string of the molecule is O=C(c1cc(-c2cccc(F)c2)no1)N1CCOC2(CCCCc3ccccc3OCCN(Cc3ccccc3)C2=O)C1. The summed E-state index contributed by atoms with van der Waals surface area (Å²) >= 11 is 0. The van der Waals surface area contributed by atoms with E-state index >= 15 is 0 Å². The molecule has 222 valence electrons. The van der Waals surface area contributed by atoms with Gasteiger partial charge in [0.25, 0.3) is 11.8 Å². The Labute approximate surface area is 250 Å². The van der Waals surface area contributed by atoms with Crippen LogP contribution in [0.2, 0.25) is 0 Å². The molecular formula is C34H34FN3O5. The topological polar surface area (TPSA) is 85.1 Å². The number of rotatable bonds is 4. The molecule has 3 aromatic carbocycles. The lowest BCUT2D eigenvalue weighted by atomic mass is 9.90. The predicted octanol–water partition coefficient (Wildman–Crippen LogP) is 5.53. The van der Waals surface area contributed by atoms with Gasteiger partial charge in [-0.1, -0.05) is 65.8 Å². The van der Waals surface area contributed by atoms with Crippen LogP contribution in [0, 0.1) is 5.82 Å². The predicted molar refractivity (Wildman–Crippen MR) is 158 cm³/mol. The number of hydrogen-bond acceptors (Lipinski definition) is 6. The molecule has 1 atom stereocenters. The second-order valence-corrected chi connectivity index (χ2v) is 11.0. The first-order chi connectivity index (χ1) is 21.0. The summed E-state index contributed by atoms with van der Waals surface area (Å²) in [6.07, 6.45) is 2.85. The summed E-state index contributed by atoms with van der Waals surface area (Å²) in [5.41, 5.74) is 1.79. The van der Waals surface area contributed by atoms with Crippen LogP contribution in [-0.4, -0.2) is 65.2 Å². The number of benzene rings is 3. The van der Waals surface area contributed by atoms with Gasteiger partial charge in [-0.3, -0.25) is 9.59 Å². The largest absolute Gasteiger partial charge is 0.491 e. The van der Waals surface area contributed by atoms with Crippen LogP contribution in [0.15, 0.2) is 89.5 Å². The molecule has 1 fully saturated rings. The highest BCUT2D eigenvalue weighted by Gasteiger charge is 2.47. The van der Waals surface area contributed by atoms with E-state index in [1.807, 2.05) is 48.5 Å². The highest BCUT2D eigenvalue weighted by Crippen LogP contribution is 2.31. The van der Waals surface area contributed by atoms with Crippen LogP contribution in [-0.2, 0) is 22.5 Å². The van der Waals surface area contributed by atoms with Crippen LogP contribution >= 0.6 is 0 Å². The quantitative estimate of drug-likeness (QED) is 0.314. The highest BCUT2D eigenvalue weighted by molar-refractivity contribution is 5.94. The Morgan fingerprint density at radius 1 is 0.930 bits per heavy atom. The van der Waals surface area contributed by atoms with Crippen molar-refractivity contribution in [2.75, 3.05) is 32.8 Å². The van der Waals surface area contributed by atoms with E-state index in [0.29, 0.717) is 43.9 Å². The third kappa shape index (κ3) is 6.46. The van der Waals surface area contributed by atoms with E-state index in [-0.39, 0.29) is 30.7 Å². The lowest BCUT2D eigenvalue weighted by molar-refractivity contribution is -0.171. The van der Waals surface area contributed by atoms with E-state index < -0.39 is 11.4 Å². The number of morpholine rings is 1. The van der Waals surface area contributed by atoms with Crippen LogP contribution in [0.25, 0.3) is 11.3 Å². The van der Waals surface area contributed by atoms with Crippen molar-refractivity contribution in [2.24, 2.45) is 0 Å². The van der Waals surface area contributed by atoms with Gasteiger partial charge in [-0.2, -0.15) is 0 Å². The summed E-state index contributed by atoms with van der Waals surface area (Å²) in [5.74, 6) is -0.0743. The average Bonchev–Trinajstić information content (AvgIpc) is 3.53. The molecule has 43 heavy (non-hydrogen) atoms. The van der Waals surface area contributed by atoms with Gasteiger partial charge in [0.05, 0.1) is 19.7 Å². The van der Waals surface area contributed by atoms with Crippen LogP contribution in [0.1, 0.15) is 40.9 Å². The number of fused-ring (bicyclic) bond motifs is 1. The van der Waals surface area contributed by atoms with Gasteiger partial charge in [0.1, 0.15) is 23.9 Å². The van der Waals surface area contributed by atoms with Gasteiger partial charge in [-0.05, 0) is 55.0 Å². The summed E-state index contributed by atoms with van der Waals surface area (Å²) < 4.78 is 31.7. The minimum Gasteiger partial charge on any atom is -0.491 e. The molecule has 6 rings (SSSR count). The highest BCUT2D eigenvalue weighted by atomic mass is 19.1. The van der Waals surface area contributed by atoms with E-state index in [9.17, 15) is 14.0 Å². The van der Waals surface area contributed by atoms with E-state index in [1.165, 1.54) is 18.2 Å². The molecule has 3 heterocycles. The maximum Gasteiger partial charge on any atom is 0.292 e. The lowest BCUT2D eigenvalue weighted by Crippen LogP contribution is -2.61. The summed E-state index contributed by atoms with van der Waals surface area (Å²) in [5, 5.41) is 4.00. The van der Waals surface area contributed by atoms with Crippen molar-refractivity contribution in [3.63, 3.8) is 0 Å². The summed E-state index contributed by atoms with van der Waals surface area (Å²) in [6, 6.07) is 25.3. The van der Waals surface area contributed by atoms with E-state index in [4.69, 9.17) is 14.0 Å². The van der Waals surface area contributed by atoms with E-state index in [1.54, 1.807) is 21.9 Å². The fourth-order valence-electron chi connectivity index (χ4n) is 5.85. The Kier molecular flexibility index (Phi) is 8.51. The minimum absolute atomic E-state index is 0.0306. The molecule has 0 saturated carbocycles. The smallest absolute Gasteiger partial charge is 0.292 e. The van der Waals surface area contributed by atoms with Gasteiger partial charge >= 0.3 is 0 Å². The third-order valence-corrected chi connectivity index (χ3v) is 8.08. The fraction of sp³-hybridized carbons (Fsp3) is 0.324. The van der Waals surface area contributed by atoms with Crippen LogP contribution in [0.3, 0.4) is 0 Å². The third-order valence-electron chi connectivity index (χ3n) is 8.08. The number of halogens is 1. The normalized spacial score (nSPS) is 19.7. The number of nitrogens with zero attached hydrogens (tertiary/aromatic N) is 3. The second-order valence-electron chi connectivity index (χ2n) is 11.0. The summed E-state index contributed by atoms with van der Waals surface area (Å²) in [6.45, 7) is 1.68. The molecule has 2 aliphatic rings. The molecule has 0 aliphatic carbocycles. The Hall–Kier alpha value is -4.50. The molecule has 2 amide bonds. The monoisotopic (exact) mass is 583 g/mol. The number of amides is 2. The van der Waals surface area contributed by atoms with Crippen molar-refractivity contribution in [3.05, 3.63) is 108 Å². The number of carbonyl (C=O) groups excluding carboxylic acids is 2. The van der Waals surface area contributed by atoms with E-state index in [2.05, 4.69) is 11.2 Å². The molecular weight excluding hydrogens is 549 g/mol. The van der Waals surface area contributed by atoms with Gasteiger partial charge in [0, 0.05) is 24.7 Å². The number of aromatic nitrogens is 1. The fourth-order valence-corrected chi connectivity index (χ4v) is 5.85. The van der Waals surface area contributed by atoms with Crippen molar-refractivity contribution < 1.29 is 28.0 Å². The average molecular weight is 584 g/mol. The zero-order valence-corrected chi connectivity index (χ0v) is 23.9. The molecule has 1 unspecified atom stereocenters. The van der Waals surface area contributed by atoms with Crippen LogP contribution < -0.4 is 4.74 Å². The Balaban J connectivity index is 1.26. The van der Waals surface area contributed by atoms with Gasteiger partial charge in [-0.15, -0.1) is 0 Å². The number of carbonyl (C=O) groups is 2. The minimum atomic E-state index is -1.22. The first-order valence-corrected chi connectivity index (χ1v) is 14.7. The summed E-state index contributed by atoms with van der Waals surface area (Å²) in [7, 11) is 0. The van der Waals surface area contributed by atoms with Crippen molar-refractivity contribution in [3.8, 4) is 17.0 Å². The number of ether oxygens (including phenoxy) is 2.